The van der Waals surface area contributed by atoms with Crippen LogP contribution >= 0.6 is 0 Å². The molecule has 1 aliphatic heterocycles. The van der Waals surface area contributed by atoms with Crippen LogP contribution in [0.5, 0.6) is 5.75 Å². The zero-order valence-electron chi connectivity index (χ0n) is 17.1. The molecule has 0 aliphatic carbocycles. The second-order valence-electron chi connectivity index (χ2n) is 7.28. The SMILES string of the molecule is O=C(/C=C/c1ccco1)NCCC(=O)NCc1ccc(-c2ccc3c(c2)CCO3)cc1. The summed E-state index contributed by atoms with van der Waals surface area (Å²) in [5, 5.41) is 5.56. The highest BCUT2D eigenvalue weighted by atomic mass is 16.5. The van der Waals surface area contributed by atoms with Crippen LogP contribution in [-0.2, 0) is 22.6 Å². The molecule has 2 aromatic carbocycles. The molecule has 158 valence electrons. The van der Waals surface area contributed by atoms with Crippen LogP contribution in [0, 0.1) is 0 Å². The van der Waals surface area contributed by atoms with Crippen molar-refractivity contribution in [1.82, 2.24) is 10.6 Å². The van der Waals surface area contributed by atoms with Gasteiger partial charge in [0.2, 0.25) is 11.8 Å². The van der Waals surface area contributed by atoms with E-state index in [4.69, 9.17) is 9.15 Å². The van der Waals surface area contributed by atoms with Crippen LogP contribution in [0.1, 0.15) is 23.3 Å². The Kier molecular flexibility index (Phi) is 6.47. The van der Waals surface area contributed by atoms with E-state index in [9.17, 15) is 9.59 Å². The van der Waals surface area contributed by atoms with E-state index in [1.54, 1.807) is 18.2 Å². The molecular weight excluding hydrogens is 392 g/mol. The van der Waals surface area contributed by atoms with Crippen LogP contribution in [0.3, 0.4) is 0 Å². The van der Waals surface area contributed by atoms with Gasteiger partial charge in [0.05, 0.1) is 12.9 Å². The molecule has 2 amide bonds. The second-order valence-corrected chi connectivity index (χ2v) is 7.28. The van der Waals surface area contributed by atoms with Crippen LogP contribution in [-0.4, -0.2) is 25.0 Å². The molecule has 2 N–H and O–H groups in total. The molecular formula is C25H24N2O4. The van der Waals surface area contributed by atoms with Crippen molar-refractivity contribution in [2.75, 3.05) is 13.2 Å². The van der Waals surface area contributed by atoms with Gasteiger partial charge in [-0.3, -0.25) is 9.59 Å². The Balaban J connectivity index is 1.19. The van der Waals surface area contributed by atoms with Crippen molar-refractivity contribution >= 4 is 17.9 Å². The van der Waals surface area contributed by atoms with Gasteiger partial charge in [-0.2, -0.15) is 0 Å². The van der Waals surface area contributed by atoms with Gasteiger partial charge in [-0.1, -0.05) is 30.3 Å². The van der Waals surface area contributed by atoms with E-state index in [2.05, 4.69) is 34.9 Å². The first-order valence-corrected chi connectivity index (χ1v) is 10.3. The lowest BCUT2D eigenvalue weighted by Gasteiger charge is -2.08. The first-order valence-electron chi connectivity index (χ1n) is 10.3. The van der Waals surface area contributed by atoms with E-state index in [0.29, 0.717) is 12.3 Å². The maximum absolute atomic E-state index is 12.0. The Morgan fingerprint density at radius 1 is 1.00 bits per heavy atom. The molecule has 0 saturated heterocycles. The highest BCUT2D eigenvalue weighted by Gasteiger charge is 2.12. The Hall–Kier alpha value is -3.80. The fraction of sp³-hybridized carbons (Fsp3) is 0.200. The van der Waals surface area contributed by atoms with Gasteiger partial charge in [0.1, 0.15) is 11.5 Å². The van der Waals surface area contributed by atoms with E-state index in [1.165, 1.54) is 17.9 Å². The number of hydrogen-bond acceptors (Lipinski definition) is 4. The van der Waals surface area contributed by atoms with Crippen molar-refractivity contribution in [3.8, 4) is 16.9 Å². The van der Waals surface area contributed by atoms with Gasteiger partial charge in [0.25, 0.3) is 0 Å². The minimum atomic E-state index is -0.266. The maximum atomic E-state index is 12.0. The Bertz CT molecular complexity index is 1070. The predicted molar refractivity (Wildman–Crippen MR) is 118 cm³/mol. The van der Waals surface area contributed by atoms with E-state index in [1.807, 2.05) is 18.2 Å². The molecule has 0 saturated carbocycles. The Morgan fingerprint density at radius 2 is 1.84 bits per heavy atom. The average Bonchev–Trinajstić information content (AvgIpc) is 3.48. The molecule has 0 bridgehead atoms. The third kappa shape index (κ3) is 5.63. The number of nitrogens with one attached hydrogen (secondary N) is 2. The van der Waals surface area contributed by atoms with Crippen LogP contribution in [0.25, 0.3) is 17.2 Å². The molecule has 0 radical (unpaired) electrons. The van der Waals surface area contributed by atoms with Gasteiger partial charge in [0.15, 0.2) is 0 Å². The highest BCUT2D eigenvalue weighted by Crippen LogP contribution is 2.30. The lowest BCUT2D eigenvalue weighted by molar-refractivity contribution is -0.121. The molecule has 2 heterocycles. The van der Waals surface area contributed by atoms with Gasteiger partial charge in [-0.05, 0) is 52.6 Å². The monoisotopic (exact) mass is 416 g/mol. The van der Waals surface area contributed by atoms with E-state index < -0.39 is 0 Å². The molecule has 1 aromatic heterocycles. The number of ether oxygens (including phenoxy) is 1. The van der Waals surface area contributed by atoms with Crippen molar-refractivity contribution < 1.29 is 18.7 Å². The summed E-state index contributed by atoms with van der Waals surface area (Å²) in [4.78, 5) is 23.8. The summed E-state index contributed by atoms with van der Waals surface area (Å²) in [5.41, 5.74) is 4.57. The number of furan rings is 1. The summed E-state index contributed by atoms with van der Waals surface area (Å²) in [5.74, 6) is 1.20. The van der Waals surface area contributed by atoms with Crippen molar-refractivity contribution in [2.45, 2.75) is 19.4 Å². The Labute approximate surface area is 180 Å². The van der Waals surface area contributed by atoms with Crippen LogP contribution in [0.2, 0.25) is 0 Å². The van der Waals surface area contributed by atoms with Gasteiger partial charge >= 0.3 is 0 Å². The first kappa shape index (κ1) is 20.5. The lowest BCUT2D eigenvalue weighted by Crippen LogP contribution is -2.29. The highest BCUT2D eigenvalue weighted by molar-refractivity contribution is 5.91. The number of carbonyl (C=O) groups is 2. The normalized spacial score (nSPS) is 12.4. The van der Waals surface area contributed by atoms with Crippen LogP contribution < -0.4 is 15.4 Å². The van der Waals surface area contributed by atoms with E-state index in [-0.39, 0.29) is 24.8 Å². The minimum absolute atomic E-state index is 0.113. The van der Waals surface area contributed by atoms with Gasteiger partial charge in [-0.25, -0.2) is 0 Å². The third-order valence-corrected chi connectivity index (χ3v) is 5.06. The molecule has 0 fully saturated rings. The summed E-state index contributed by atoms with van der Waals surface area (Å²) in [6.45, 7) is 1.47. The summed E-state index contributed by atoms with van der Waals surface area (Å²) in [6, 6.07) is 17.9. The fourth-order valence-corrected chi connectivity index (χ4v) is 3.37. The summed E-state index contributed by atoms with van der Waals surface area (Å²) in [7, 11) is 0. The number of hydrogen-bond donors (Lipinski definition) is 2. The smallest absolute Gasteiger partial charge is 0.244 e. The quantitative estimate of drug-likeness (QED) is 0.549. The number of benzene rings is 2. The summed E-state index contributed by atoms with van der Waals surface area (Å²) < 4.78 is 10.7. The van der Waals surface area contributed by atoms with Crippen molar-refractivity contribution in [3.63, 3.8) is 0 Å². The second kappa shape index (κ2) is 9.80. The van der Waals surface area contributed by atoms with Gasteiger partial charge in [0, 0.05) is 32.0 Å². The lowest BCUT2D eigenvalue weighted by atomic mass is 10.0. The van der Waals surface area contributed by atoms with Crippen molar-refractivity contribution in [1.29, 1.82) is 0 Å². The van der Waals surface area contributed by atoms with E-state index in [0.717, 1.165) is 35.5 Å². The molecule has 0 unspecified atom stereocenters. The Morgan fingerprint density at radius 3 is 2.65 bits per heavy atom. The topological polar surface area (TPSA) is 80.6 Å². The number of carbonyl (C=O) groups excluding carboxylic acids is 2. The van der Waals surface area contributed by atoms with Crippen molar-refractivity contribution in [3.05, 3.63) is 83.8 Å². The average molecular weight is 416 g/mol. The molecule has 31 heavy (non-hydrogen) atoms. The zero-order chi connectivity index (χ0) is 21.5. The van der Waals surface area contributed by atoms with Crippen LogP contribution in [0.15, 0.2) is 71.4 Å². The molecule has 6 nitrogen and oxygen atoms in total. The van der Waals surface area contributed by atoms with Crippen molar-refractivity contribution in [2.24, 2.45) is 0 Å². The minimum Gasteiger partial charge on any atom is -0.493 e. The maximum Gasteiger partial charge on any atom is 0.244 e. The van der Waals surface area contributed by atoms with Gasteiger partial charge in [-0.15, -0.1) is 0 Å². The standard InChI is InChI=1S/C25H24N2O4/c28-24(10-8-22-2-1-14-30-22)26-13-11-25(29)27-17-18-3-5-19(6-4-18)20-7-9-23-21(16-20)12-15-31-23/h1-10,14,16H,11-13,15,17H2,(H,26,28)(H,27,29)/b10-8+. The number of rotatable bonds is 8. The molecule has 0 spiro atoms. The molecule has 1 aliphatic rings. The van der Waals surface area contributed by atoms with E-state index >= 15 is 0 Å². The molecule has 4 rings (SSSR count). The fourth-order valence-electron chi connectivity index (χ4n) is 3.37. The summed E-state index contributed by atoms with van der Waals surface area (Å²) in [6.07, 6.45) is 5.67. The predicted octanol–water partition coefficient (Wildman–Crippen LogP) is 3.72. The van der Waals surface area contributed by atoms with Crippen LogP contribution in [0.4, 0.5) is 0 Å². The molecule has 3 aromatic rings. The number of fused-ring (bicyclic) bond motifs is 1. The first-order chi connectivity index (χ1) is 15.2. The molecule has 6 heteroatoms. The number of amides is 2. The third-order valence-electron chi connectivity index (χ3n) is 5.06. The van der Waals surface area contributed by atoms with Gasteiger partial charge < -0.3 is 19.8 Å². The largest absolute Gasteiger partial charge is 0.493 e. The molecule has 0 atom stereocenters. The zero-order valence-corrected chi connectivity index (χ0v) is 17.1. The summed E-state index contributed by atoms with van der Waals surface area (Å²) >= 11 is 0.